The fourth-order valence-electron chi connectivity index (χ4n) is 7.73. The van der Waals surface area contributed by atoms with Gasteiger partial charge in [-0.2, -0.15) is 0 Å². The van der Waals surface area contributed by atoms with Gasteiger partial charge in [-0.1, -0.05) is 20.8 Å². The van der Waals surface area contributed by atoms with Crippen molar-refractivity contribution in [3.05, 3.63) is 0 Å². The Morgan fingerprint density at radius 2 is 1.77 bits per heavy atom. The first-order valence-corrected chi connectivity index (χ1v) is 10.3. The van der Waals surface area contributed by atoms with Gasteiger partial charge in [-0.05, 0) is 85.4 Å². The average Bonchev–Trinajstić information content (AvgIpc) is 2.92. The van der Waals surface area contributed by atoms with Crippen LogP contribution in [-0.2, 0) is 9.59 Å². The van der Waals surface area contributed by atoms with Gasteiger partial charge in [0.15, 0.2) is 0 Å². The maximum Gasteiger partial charge on any atom is 1.00 e. The van der Waals surface area contributed by atoms with Crippen molar-refractivity contribution < 1.29 is 44.3 Å². The Morgan fingerprint density at radius 3 is 2.46 bits per heavy atom. The van der Waals surface area contributed by atoms with E-state index in [1.165, 1.54) is 19.3 Å². The zero-order chi connectivity index (χ0) is 18.0. The van der Waals surface area contributed by atoms with Crippen molar-refractivity contribution in [2.45, 2.75) is 78.2 Å². The number of amides is 1. The Morgan fingerprint density at radius 1 is 1.08 bits per heavy atom. The summed E-state index contributed by atoms with van der Waals surface area (Å²) in [5, 5.41) is 14.8. The summed E-state index contributed by atoms with van der Waals surface area (Å²) < 4.78 is 0. The molecule has 26 heavy (non-hydrogen) atoms. The van der Waals surface area contributed by atoms with Crippen LogP contribution in [0.5, 0.6) is 0 Å². The molecule has 0 spiro atoms. The molecule has 0 aromatic heterocycles. The summed E-state index contributed by atoms with van der Waals surface area (Å²) in [5.41, 5.74) is 0.387. The minimum absolute atomic E-state index is 0. The van der Waals surface area contributed by atoms with E-state index in [9.17, 15) is 14.7 Å². The summed E-state index contributed by atoms with van der Waals surface area (Å²) in [6.45, 7) is 6.63. The Hall–Kier alpha value is -0.0600. The van der Waals surface area contributed by atoms with Crippen LogP contribution >= 0.6 is 0 Å². The molecule has 0 bridgehead atoms. The molecule has 0 aromatic rings. The monoisotopic (exact) mass is 369 g/mol. The van der Waals surface area contributed by atoms with Crippen molar-refractivity contribution >= 4 is 11.9 Å². The molecule has 140 valence electrons. The maximum absolute atomic E-state index is 11.9. The van der Waals surface area contributed by atoms with Crippen molar-refractivity contribution in [1.82, 2.24) is 5.32 Å². The number of carbonyl (C=O) groups excluding carboxylic acids is 2. The third-order valence-corrected chi connectivity index (χ3v) is 9.14. The number of hydrogen-bond donors (Lipinski definition) is 1. The van der Waals surface area contributed by atoms with Gasteiger partial charge < -0.3 is 15.2 Å². The van der Waals surface area contributed by atoms with Gasteiger partial charge in [-0.3, -0.25) is 4.79 Å². The van der Waals surface area contributed by atoms with Crippen LogP contribution < -0.4 is 40.0 Å². The summed E-state index contributed by atoms with van der Waals surface area (Å²) in [5.74, 6) is 1.31. The summed E-state index contributed by atoms with van der Waals surface area (Å²) in [4.78, 5) is 23.4. The van der Waals surface area contributed by atoms with Crippen LogP contribution in [0.1, 0.15) is 72.1 Å². The maximum atomic E-state index is 11.9. The third kappa shape index (κ3) is 2.90. The SMILES string of the molecule is CC(C(=O)[O-])[C@H]1CC[C@H]2[C@@H]3CCC4NC(=O)CC[C@]4(C)[C@H]3CC[C@]12C.[Na+]. The van der Waals surface area contributed by atoms with Crippen molar-refractivity contribution in [3.8, 4) is 0 Å². The summed E-state index contributed by atoms with van der Waals surface area (Å²) in [7, 11) is 0. The van der Waals surface area contributed by atoms with Gasteiger partial charge in [0.2, 0.25) is 5.91 Å². The van der Waals surface area contributed by atoms with E-state index in [0.29, 0.717) is 30.2 Å². The predicted octanol–water partition coefficient (Wildman–Crippen LogP) is -0.486. The van der Waals surface area contributed by atoms with Crippen LogP contribution in [-0.4, -0.2) is 17.9 Å². The normalized spacial score (nSPS) is 48.3. The predicted molar refractivity (Wildman–Crippen MR) is 93.2 cm³/mol. The largest absolute Gasteiger partial charge is 1.00 e. The van der Waals surface area contributed by atoms with E-state index < -0.39 is 5.97 Å². The minimum Gasteiger partial charge on any atom is -0.550 e. The molecule has 8 atom stereocenters. The molecule has 1 aliphatic heterocycles. The number of carboxylic acid groups (broad SMARTS) is 1. The molecular weight excluding hydrogens is 337 g/mol. The smallest absolute Gasteiger partial charge is 0.550 e. The van der Waals surface area contributed by atoms with Gasteiger partial charge in [0.25, 0.3) is 0 Å². The number of piperidine rings is 1. The number of carbonyl (C=O) groups is 2. The molecule has 2 unspecified atom stereocenters. The number of rotatable bonds is 2. The number of fused-ring (bicyclic) bond motifs is 5. The average molecular weight is 369 g/mol. The summed E-state index contributed by atoms with van der Waals surface area (Å²) >= 11 is 0. The first-order valence-electron chi connectivity index (χ1n) is 10.3. The Kier molecular flexibility index (Phi) is 5.63. The molecule has 1 amide bonds. The zero-order valence-corrected chi connectivity index (χ0v) is 18.8. The van der Waals surface area contributed by atoms with Crippen LogP contribution in [0.4, 0.5) is 0 Å². The van der Waals surface area contributed by atoms with E-state index in [2.05, 4.69) is 19.2 Å². The van der Waals surface area contributed by atoms with Crippen molar-refractivity contribution in [1.29, 1.82) is 0 Å². The van der Waals surface area contributed by atoms with Crippen molar-refractivity contribution in [2.24, 2.45) is 40.4 Å². The van der Waals surface area contributed by atoms with Crippen molar-refractivity contribution in [3.63, 3.8) is 0 Å². The second kappa shape index (κ2) is 7.08. The molecule has 0 aromatic carbocycles. The quantitative estimate of drug-likeness (QED) is 0.668. The van der Waals surface area contributed by atoms with Crippen LogP contribution in [0.3, 0.4) is 0 Å². The van der Waals surface area contributed by atoms with Gasteiger partial charge >= 0.3 is 29.6 Å². The second-order valence-corrected chi connectivity index (χ2v) is 9.92. The van der Waals surface area contributed by atoms with E-state index in [1.54, 1.807) is 0 Å². The van der Waals surface area contributed by atoms with Crippen molar-refractivity contribution in [2.75, 3.05) is 0 Å². The molecule has 4 fully saturated rings. The fourth-order valence-corrected chi connectivity index (χ4v) is 7.73. The number of carboxylic acids is 1. The summed E-state index contributed by atoms with van der Waals surface area (Å²) in [6.07, 6.45) is 8.52. The molecule has 1 heterocycles. The molecule has 3 aliphatic carbocycles. The standard InChI is InChI=1S/C21H33NO3.Na/c1-12(19(24)25)14-5-6-15-13-4-7-17-21(3,11-9-18(23)22-17)16(13)8-10-20(14,15)2;/h12-17H,4-11H2,1-3H3,(H,22,23)(H,24,25);/q;+1/p-1/t12?,13-,14+,15-,16-,17?,20+,21+;/m0./s1. The van der Waals surface area contributed by atoms with Crippen LogP contribution in [0, 0.1) is 40.4 Å². The molecule has 3 saturated carbocycles. The van der Waals surface area contributed by atoms with Gasteiger partial charge in [-0.15, -0.1) is 0 Å². The number of nitrogens with one attached hydrogen (secondary N) is 1. The molecular formula is C21H32NNaO3. The molecule has 4 rings (SSSR count). The Balaban J connectivity index is 0.00000196. The zero-order valence-electron chi connectivity index (χ0n) is 16.8. The van der Waals surface area contributed by atoms with Crippen LogP contribution in [0.25, 0.3) is 0 Å². The topological polar surface area (TPSA) is 69.2 Å². The fraction of sp³-hybridized carbons (Fsp3) is 0.905. The van der Waals surface area contributed by atoms with Crippen LogP contribution in [0.15, 0.2) is 0 Å². The minimum atomic E-state index is -0.875. The first kappa shape index (κ1) is 20.7. The van der Waals surface area contributed by atoms with E-state index in [1.807, 2.05) is 6.92 Å². The van der Waals surface area contributed by atoms with E-state index >= 15 is 0 Å². The third-order valence-electron chi connectivity index (χ3n) is 9.14. The van der Waals surface area contributed by atoms with E-state index in [4.69, 9.17) is 0 Å². The van der Waals surface area contributed by atoms with E-state index in [0.717, 1.165) is 25.7 Å². The number of aliphatic carboxylic acids is 1. The first-order chi connectivity index (χ1) is 11.8. The van der Waals surface area contributed by atoms with Gasteiger partial charge in [-0.25, -0.2) is 0 Å². The van der Waals surface area contributed by atoms with Gasteiger partial charge in [0.1, 0.15) is 0 Å². The molecule has 1 saturated heterocycles. The van der Waals surface area contributed by atoms with E-state index in [-0.39, 0.29) is 58.1 Å². The van der Waals surface area contributed by atoms with Crippen LogP contribution in [0.2, 0.25) is 0 Å². The Labute approximate surface area is 179 Å². The molecule has 5 heteroatoms. The number of hydrogen-bond acceptors (Lipinski definition) is 3. The molecule has 1 N–H and O–H groups in total. The molecule has 0 radical (unpaired) electrons. The summed E-state index contributed by atoms with van der Waals surface area (Å²) in [6, 6.07) is 0.346. The van der Waals surface area contributed by atoms with Gasteiger partial charge in [0.05, 0.1) is 0 Å². The second-order valence-electron chi connectivity index (χ2n) is 9.92. The Bertz CT molecular complexity index is 596. The molecule has 4 aliphatic rings. The molecule has 4 nitrogen and oxygen atoms in total. The van der Waals surface area contributed by atoms with Gasteiger partial charge in [0, 0.05) is 18.4 Å².